The molecule has 1 atom stereocenters. The molecule has 0 aliphatic heterocycles. The SMILES string of the molecule is COCCC(NC(=O)Nc1cccc(Br)c1C)C(=O)O. The summed E-state index contributed by atoms with van der Waals surface area (Å²) in [5, 5.41) is 14.0. The second-order valence-corrected chi connectivity index (χ2v) is 5.04. The van der Waals surface area contributed by atoms with Crippen LogP contribution < -0.4 is 10.6 Å². The van der Waals surface area contributed by atoms with Crippen molar-refractivity contribution < 1.29 is 19.4 Å². The van der Waals surface area contributed by atoms with E-state index in [0.29, 0.717) is 5.69 Å². The zero-order valence-corrected chi connectivity index (χ0v) is 12.9. The Morgan fingerprint density at radius 1 is 1.45 bits per heavy atom. The Morgan fingerprint density at radius 3 is 2.75 bits per heavy atom. The first-order valence-corrected chi connectivity index (χ1v) is 6.79. The minimum atomic E-state index is -1.09. The van der Waals surface area contributed by atoms with Gasteiger partial charge in [-0.25, -0.2) is 9.59 Å². The normalized spacial score (nSPS) is 11.8. The number of carbonyl (C=O) groups excluding carboxylic acids is 1. The molecule has 3 N–H and O–H groups in total. The van der Waals surface area contributed by atoms with Gasteiger partial charge in [0.2, 0.25) is 0 Å². The van der Waals surface area contributed by atoms with Crippen LogP contribution in [0.15, 0.2) is 22.7 Å². The van der Waals surface area contributed by atoms with E-state index in [-0.39, 0.29) is 13.0 Å². The quantitative estimate of drug-likeness (QED) is 0.739. The lowest BCUT2D eigenvalue weighted by atomic mass is 10.2. The number of carbonyl (C=O) groups is 2. The van der Waals surface area contributed by atoms with Crippen molar-refractivity contribution in [3.8, 4) is 0 Å². The highest BCUT2D eigenvalue weighted by molar-refractivity contribution is 9.10. The second kappa shape index (κ2) is 7.86. The van der Waals surface area contributed by atoms with Gasteiger partial charge in [0, 0.05) is 30.3 Å². The van der Waals surface area contributed by atoms with Crippen molar-refractivity contribution >= 4 is 33.6 Å². The summed E-state index contributed by atoms with van der Waals surface area (Å²) in [5.74, 6) is -1.09. The summed E-state index contributed by atoms with van der Waals surface area (Å²) in [4.78, 5) is 22.8. The summed E-state index contributed by atoms with van der Waals surface area (Å²) in [7, 11) is 1.48. The zero-order valence-electron chi connectivity index (χ0n) is 11.3. The number of carboxylic acids is 1. The molecule has 0 fully saturated rings. The molecular formula is C13H17BrN2O4. The van der Waals surface area contributed by atoms with Gasteiger partial charge in [-0.15, -0.1) is 0 Å². The molecule has 20 heavy (non-hydrogen) atoms. The number of halogens is 1. The van der Waals surface area contributed by atoms with Crippen LogP contribution in [0.4, 0.5) is 10.5 Å². The van der Waals surface area contributed by atoms with Gasteiger partial charge in [0.15, 0.2) is 0 Å². The molecule has 0 aliphatic rings. The van der Waals surface area contributed by atoms with Crippen LogP contribution in [0.3, 0.4) is 0 Å². The molecule has 0 aliphatic carbocycles. The predicted octanol–water partition coefficient (Wildman–Crippen LogP) is 2.37. The third-order valence-corrected chi connectivity index (χ3v) is 3.59. The zero-order chi connectivity index (χ0) is 15.1. The highest BCUT2D eigenvalue weighted by Crippen LogP contribution is 2.23. The van der Waals surface area contributed by atoms with Gasteiger partial charge in [-0.3, -0.25) is 0 Å². The minimum absolute atomic E-state index is 0.205. The lowest BCUT2D eigenvalue weighted by molar-refractivity contribution is -0.139. The smallest absolute Gasteiger partial charge is 0.326 e. The van der Waals surface area contributed by atoms with Crippen molar-refractivity contribution in [3.63, 3.8) is 0 Å². The second-order valence-electron chi connectivity index (χ2n) is 4.18. The highest BCUT2D eigenvalue weighted by atomic mass is 79.9. The van der Waals surface area contributed by atoms with Gasteiger partial charge in [-0.1, -0.05) is 22.0 Å². The average molecular weight is 345 g/mol. The van der Waals surface area contributed by atoms with E-state index in [2.05, 4.69) is 26.6 Å². The molecule has 0 heterocycles. The summed E-state index contributed by atoms with van der Waals surface area (Å²) in [5.41, 5.74) is 1.49. The molecule has 1 aromatic carbocycles. The fraction of sp³-hybridized carbons (Fsp3) is 0.385. The van der Waals surface area contributed by atoms with E-state index in [1.807, 2.05) is 13.0 Å². The Labute approximate surface area is 125 Å². The maximum atomic E-state index is 11.8. The van der Waals surface area contributed by atoms with Crippen molar-refractivity contribution in [3.05, 3.63) is 28.2 Å². The number of methoxy groups -OCH3 is 1. The van der Waals surface area contributed by atoms with Crippen LogP contribution in [0.2, 0.25) is 0 Å². The number of carboxylic acid groups (broad SMARTS) is 1. The van der Waals surface area contributed by atoms with E-state index >= 15 is 0 Å². The van der Waals surface area contributed by atoms with E-state index in [4.69, 9.17) is 9.84 Å². The third kappa shape index (κ3) is 4.82. The van der Waals surface area contributed by atoms with Crippen molar-refractivity contribution in [2.45, 2.75) is 19.4 Å². The summed E-state index contributed by atoms with van der Waals surface area (Å²) in [6.45, 7) is 2.10. The van der Waals surface area contributed by atoms with Crippen molar-refractivity contribution in [1.29, 1.82) is 0 Å². The topological polar surface area (TPSA) is 87.7 Å². The monoisotopic (exact) mass is 344 g/mol. The Bertz CT molecular complexity index is 493. The summed E-state index contributed by atoms with van der Waals surface area (Å²) >= 11 is 3.36. The first kappa shape index (κ1) is 16.5. The Kier molecular flexibility index (Phi) is 6.47. The van der Waals surface area contributed by atoms with Crippen LogP contribution in [0.25, 0.3) is 0 Å². The maximum absolute atomic E-state index is 11.8. The summed E-state index contributed by atoms with van der Waals surface area (Å²) < 4.78 is 5.68. The number of anilines is 1. The molecular weight excluding hydrogens is 328 g/mol. The van der Waals surface area contributed by atoms with E-state index in [1.165, 1.54) is 7.11 Å². The van der Waals surface area contributed by atoms with Gasteiger partial charge in [0.1, 0.15) is 6.04 Å². The van der Waals surface area contributed by atoms with Crippen LogP contribution in [0.5, 0.6) is 0 Å². The number of rotatable bonds is 6. The number of amides is 2. The van der Waals surface area contributed by atoms with Crippen LogP contribution in [-0.2, 0) is 9.53 Å². The van der Waals surface area contributed by atoms with Crippen LogP contribution in [0, 0.1) is 6.92 Å². The van der Waals surface area contributed by atoms with E-state index in [9.17, 15) is 9.59 Å². The number of urea groups is 1. The Morgan fingerprint density at radius 2 is 2.15 bits per heavy atom. The molecule has 6 nitrogen and oxygen atoms in total. The predicted molar refractivity (Wildman–Crippen MR) is 79.0 cm³/mol. The Balaban J connectivity index is 2.66. The van der Waals surface area contributed by atoms with E-state index in [0.717, 1.165) is 10.0 Å². The number of benzene rings is 1. The van der Waals surface area contributed by atoms with Gasteiger partial charge in [-0.2, -0.15) is 0 Å². The molecule has 0 bridgehead atoms. The largest absolute Gasteiger partial charge is 0.480 e. The molecule has 0 aromatic heterocycles. The summed E-state index contributed by atoms with van der Waals surface area (Å²) in [6, 6.07) is 3.84. The number of hydrogen-bond acceptors (Lipinski definition) is 3. The molecule has 0 saturated heterocycles. The van der Waals surface area contributed by atoms with E-state index in [1.54, 1.807) is 12.1 Å². The number of hydrogen-bond donors (Lipinski definition) is 3. The van der Waals surface area contributed by atoms with Gasteiger partial charge >= 0.3 is 12.0 Å². The standard InChI is InChI=1S/C13H17BrN2O4/c1-8-9(14)4-3-5-10(8)15-13(19)16-11(12(17)18)6-7-20-2/h3-5,11H,6-7H2,1-2H3,(H,17,18)(H2,15,16,19). The molecule has 0 saturated carbocycles. The number of aliphatic carboxylic acids is 1. The fourth-order valence-electron chi connectivity index (χ4n) is 1.55. The van der Waals surface area contributed by atoms with Gasteiger partial charge in [0.25, 0.3) is 0 Å². The van der Waals surface area contributed by atoms with Crippen LogP contribution in [-0.4, -0.2) is 36.9 Å². The minimum Gasteiger partial charge on any atom is -0.480 e. The first-order valence-electron chi connectivity index (χ1n) is 6.00. The number of ether oxygens (including phenoxy) is 1. The summed E-state index contributed by atoms with van der Waals surface area (Å²) in [6.07, 6.45) is 0.205. The van der Waals surface area contributed by atoms with Crippen LogP contribution >= 0.6 is 15.9 Å². The molecule has 1 rings (SSSR count). The lowest BCUT2D eigenvalue weighted by Gasteiger charge is -2.16. The first-order chi connectivity index (χ1) is 9.45. The van der Waals surface area contributed by atoms with Crippen molar-refractivity contribution in [2.75, 3.05) is 19.0 Å². The molecule has 1 aromatic rings. The molecule has 110 valence electrons. The molecule has 0 radical (unpaired) electrons. The molecule has 2 amide bonds. The fourth-order valence-corrected chi connectivity index (χ4v) is 1.92. The number of nitrogens with one attached hydrogen (secondary N) is 2. The highest BCUT2D eigenvalue weighted by Gasteiger charge is 2.19. The van der Waals surface area contributed by atoms with E-state index < -0.39 is 18.0 Å². The van der Waals surface area contributed by atoms with Crippen molar-refractivity contribution in [2.24, 2.45) is 0 Å². The van der Waals surface area contributed by atoms with Gasteiger partial charge in [0.05, 0.1) is 0 Å². The van der Waals surface area contributed by atoms with Crippen molar-refractivity contribution in [1.82, 2.24) is 5.32 Å². The molecule has 0 spiro atoms. The van der Waals surface area contributed by atoms with Crippen LogP contribution in [0.1, 0.15) is 12.0 Å². The average Bonchev–Trinajstić information content (AvgIpc) is 2.39. The molecule has 7 heteroatoms. The Hall–Kier alpha value is -1.60. The third-order valence-electron chi connectivity index (χ3n) is 2.73. The van der Waals surface area contributed by atoms with Gasteiger partial charge < -0.3 is 20.5 Å². The lowest BCUT2D eigenvalue weighted by Crippen LogP contribution is -2.43. The maximum Gasteiger partial charge on any atom is 0.326 e. The molecule has 1 unspecified atom stereocenters. The van der Waals surface area contributed by atoms with Gasteiger partial charge in [-0.05, 0) is 24.6 Å².